The van der Waals surface area contributed by atoms with Gasteiger partial charge in [0.05, 0.1) is 11.1 Å². The molecule has 0 bridgehead atoms. The summed E-state index contributed by atoms with van der Waals surface area (Å²) in [6, 6.07) is 2.90. The molecule has 0 fully saturated rings. The number of aliphatic hydroxyl groups is 1. The highest BCUT2D eigenvalue weighted by molar-refractivity contribution is 14.1. The van der Waals surface area contributed by atoms with E-state index in [-0.39, 0.29) is 12.4 Å². The van der Waals surface area contributed by atoms with Crippen molar-refractivity contribution in [3.8, 4) is 0 Å². The predicted octanol–water partition coefficient (Wildman–Crippen LogP) is 2.69. The van der Waals surface area contributed by atoms with Crippen molar-refractivity contribution in [1.29, 1.82) is 0 Å². The van der Waals surface area contributed by atoms with Crippen LogP contribution in [0.15, 0.2) is 16.6 Å². The van der Waals surface area contributed by atoms with Gasteiger partial charge in [0.2, 0.25) is 0 Å². The lowest BCUT2D eigenvalue weighted by Crippen LogP contribution is -1.91. The Kier molecular flexibility index (Phi) is 3.27. The molecule has 11 heavy (non-hydrogen) atoms. The lowest BCUT2D eigenvalue weighted by Gasteiger charge is -2.02. The van der Waals surface area contributed by atoms with Gasteiger partial charge in [-0.25, -0.2) is 4.39 Å². The fraction of sp³-hybridized carbons (Fsp3) is 0.143. The summed E-state index contributed by atoms with van der Waals surface area (Å²) in [5.41, 5.74) is 0.735. The van der Waals surface area contributed by atoms with Gasteiger partial charge >= 0.3 is 0 Å². The molecule has 0 atom stereocenters. The average molecular weight is 331 g/mol. The molecule has 1 N–H and O–H groups in total. The molecule has 0 aromatic heterocycles. The fourth-order valence-corrected chi connectivity index (χ4v) is 1.68. The van der Waals surface area contributed by atoms with Crippen molar-refractivity contribution in [2.45, 2.75) is 6.61 Å². The van der Waals surface area contributed by atoms with Crippen molar-refractivity contribution in [3.63, 3.8) is 0 Å². The van der Waals surface area contributed by atoms with Crippen LogP contribution in [0.1, 0.15) is 5.56 Å². The van der Waals surface area contributed by atoms with Gasteiger partial charge in [-0.3, -0.25) is 0 Å². The van der Waals surface area contributed by atoms with Gasteiger partial charge in [-0.15, -0.1) is 0 Å². The first-order valence-electron chi connectivity index (χ1n) is 2.90. The van der Waals surface area contributed by atoms with Crippen LogP contribution in [0.25, 0.3) is 0 Å². The van der Waals surface area contributed by atoms with E-state index in [4.69, 9.17) is 5.11 Å². The van der Waals surface area contributed by atoms with E-state index >= 15 is 0 Å². The van der Waals surface area contributed by atoms with Gasteiger partial charge in [-0.05, 0) is 50.2 Å². The molecule has 4 heteroatoms. The Labute approximate surface area is 85.9 Å². The minimum absolute atomic E-state index is 0.0584. The SMILES string of the molecule is OCc1ccc(F)c(Br)c1I. The maximum atomic E-state index is 12.8. The first-order chi connectivity index (χ1) is 5.16. The molecule has 0 unspecified atom stereocenters. The number of halogens is 3. The van der Waals surface area contributed by atoms with Crippen LogP contribution in [0.3, 0.4) is 0 Å². The molecule has 0 aliphatic rings. The number of rotatable bonds is 1. The predicted molar refractivity (Wildman–Crippen MR) is 52.7 cm³/mol. The van der Waals surface area contributed by atoms with E-state index in [9.17, 15) is 4.39 Å². The van der Waals surface area contributed by atoms with Crippen LogP contribution in [-0.4, -0.2) is 5.11 Å². The average Bonchev–Trinajstić information content (AvgIpc) is 2.01. The summed E-state index contributed by atoms with van der Waals surface area (Å²) < 4.78 is 13.9. The van der Waals surface area contributed by atoms with Gasteiger partial charge in [0.15, 0.2) is 0 Å². The summed E-state index contributed by atoms with van der Waals surface area (Å²) in [5.74, 6) is -0.299. The Balaban J connectivity index is 3.25. The highest BCUT2D eigenvalue weighted by atomic mass is 127. The lowest BCUT2D eigenvalue weighted by molar-refractivity contribution is 0.280. The topological polar surface area (TPSA) is 20.2 Å². The molecule has 0 heterocycles. The molecular formula is C7H5BrFIO. The Morgan fingerprint density at radius 1 is 1.55 bits per heavy atom. The van der Waals surface area contributed by atoms with Crippen LogP contribution < -0.4 is 0 Å². The smallest absolute Gasteiger partial charge is 0.138 e. The van der Waals surface area contributed by atoms with Crippen molar-refractivity contribution in [3.05, 3.63) is 31.6 Å². The Morgan fingerprint density at radius 3 is 2.73 bits per heavy atom. The molecule has 1 aromatic rings. The third-order valence-electron chi connectivity index (χ3n) is 1.29. The highest BCUT2D eigenvalue weighted by Crippen LogP contribution is 2.25. The van der Waals surface area contributed by atoms with Crippen LogP contribution >= 0.6 is 38.5 Å². The van der Waals surface area contributed by atoms with E-state index in [1.807, 2.05) is 22.6 Å². The van der Waals surface area contributed by atoms with Gasteiger partial charge in [0.1, 0.15) is 5.82 Å². The second kappa shape index (κ2) is 3.82. The maximum absolute atomic E-state index is 12.8. The fourth-order valence-electron chi connectivity index (χ4n) is 0.688. The van der Waals surface area contributed by atoms with E-state index in [1.165, 1.54) is 6.07 Å². The number of benzene rings is 1. The van der Waals surface area contributed by atoms with Gasteiger partial charge in [-0.1, -0.05) is 6.07 Å². The second-order valence-corrected chi connectivity index (χ2v) is 3.86. The largest absolute Gasteiger partial charge is 0.392 e. The normalized spacial score (nSPS) is 10.2. The zero-order valence-electron chi connectivity index (χ0n) is 5.44. The first kappa shape index (κ1) is 9.41. The minimum Gasteiger partial charge on any atom is -0.392 e. The molecule has 0 aliphatic carbocycles. The Morgan fingerprint density at radius 2 is 2.18 bits per heavy atom. The van der Waals surface area contributed by atoms with Crippen molar-refractivity contribution >= 4 is 38.5 Å². The summed E-state index contributed by atoms with van der Waals surface area (Å²) in [7, 11) is 0. The molecule has 1 nitrogen and oxygen atoms in total. The van der Waals surface area contributed by atoms with E-state index in [0.717, 1.165) is 9.13 Å². The third kappa shape index (κ3) is 1.91. The molecule has 0 saturated heterocycles. The Bertz CT molecular complexity index is 277. The van der Waals surface area contributed by atoms with Gasteiger partial charge in [0.25, 0.3) is 0 Å². The zero-order chi connectivity index (χ0) is 8.43. The number of hydrogen-bond donors (Lipinski definition) is 1. The van der Waals surface area contributed by atoms with E-state index in [2.05, 4.69) is 15.9 Å². The monoisotopic (exact) mass is 330 g/mol. The maximum Gasteiger partial charge on any atom is 0.138 e. The zero-order valence-corrected chi connectivity index (χ0v) is 9.19. The van der Waals surface area contributed by atoms with Crippen LogP contribution in [0.4, 0.5) is 4.39 Å². The summed E-state index contributed by atoms with van der Waals surface area (Å²) in [5, 5.41) is 8.79. The molecule has 60 valence electrons. The first-order valence-corrected chi connectivity index (χ1v) is 4.77. The number of aliphatic hydroxyl groups excluding tert-OH is 1. The molecular weight excluding hydrogens is 326 g/mol. The second-order valence-electron chi connectivity index (χ2n) is 1.99. The summed E-state index contributed by atoms with van der Waals surface area (Å²) >= 11 is 5.06. The van der Waals surface area contributed by atoms with Crippen molar-refractivity contribution in [2.75, 3.05) is 0 Å². The van der Waals surface area contributed by atoms with Crippen molar-refractivity contribution < 1.29 is 9.50 Å². The van der Waals surface area contributed by atoms with Crippen LogP contribution in [0, 0.1) is 9.39 Å². The summed E-state index contributed by atoms with van der Waals surface area (Å²) in [6.07, 6.45) is 0. The standard InChI is InChI=1S/C7H5BrFIO/c8-6-5(9)2-1-4(3-11)7(6)10/h1-2,11H,3H2. The molecule has 0 spiro atoms. The molecule has 0 saturated carbocycles. The van der Waals surface area contributed by atoms with Crippen LogP contribution in [-0.2, 0) is 6.61 Å². The highest BCUT2D eigenvalue weighted by Gasteiger charge is 2.06. The molecule has 0 radical (unpaired) electrons. The lowest BCUT2D eigenvalue weighted by atomic mass is 10.2. The van der Waals surface area contributed by atoms with E-state index < -0.39 is 0 Å². The van der Waals surface area contributed by atoms with E-state index in [0.29, 0.717) is 4.47 Å². The van der Waals surface area contributed by atoms with Crippen molar-refractivity contribution in [1.82, 2.24) is 0 Å². The van der Waals surface area contributed by atoms with Gasteiger partial charge in [-0.2, -0.15) is 0 Å². The molecule has 1 aromatic carbocycles. The van der Waals surface area contributed by atoms with E-state index in [1.54, 1.807) is 6.07 Å². The number of hydrogen-bond acceptors (Lipinski definition) is 1. The quantitative estimate of drug-likeness (QED) is 0.620. The molecule has 1 rings (SSSR count). The molecule has 0 aliphatic heterocycles. The minimum atomic E-state index is -0.299. The van der Waals surface area contributed by atoms with Gasteiger partial charge in [0, 0.05) is 3.57 Å². The Hall–Kier alpha value is 0.320. The summed E-state index contributed by atoms with van der Waals surface area (Å²) in [6.45, 7) is -0.0584. The van der Waals surface area contributed by atoms with Crippen LogP contribution in [0.2, 0.25) is 0 Å². The molecule has 0 amide bonds. The van der Waals surface area contributed by atoms with Crippen LogP contribution in [0.5, 0.6) is 0 Å². The van der Waals surface area contributed by atoms with Gasteiger partial charge < -0.3 is 5.11 Å². The van der Waals surface area contributed by atoms with Crippen molar-refractivity contribution in [2.24, 2.45) is 0 Å². The third-order valence-corrected chi connectivity index (χ3v) is 4.03. The summed E-state index contributed by atoms with van der Waals surface area (Å²) in [4.78, 5) is 0.